The van der Waals surface area contributed by atoms with E-state index in [0.717, 1.165) is 5.56 Å². The maximum absolute atomic E-state index is 11.3. The standard InChI is InChI=1S/C10H8O3/c1-13-7-3-2-6-4-9(11)10(12)8(6)5-7/h2-3,5H,4H2,1H3. The van der Waals surface area contributed by atoms with Gasteiger partial charge in [0.25, 0.3) is 0 Å². The Kier molecular flexibility index (Phi) is 1.65. The summed E-state index contributed by atoms with van der Waals surface area (Å²) in [5, 5.41) is 0. The summed E-state index contributed by atoms with van der Waals surface area (Å²) < 4.78 is 4.96. The van der Waals surface area contributed by atoms with Crippen LogP contribution in [0.5, 0.6) is 5.75 Å². The number of methoxy groups -OCH3 is 1. The maximum Gasteiger partial charge on any atom is 0.229 e. The van der Waals surface area contributed by atoms with Crippen LogP contribution < -0.4 is 4.74 Å². The molecular weight excluding hydrogens is 168 g/mol. The molecule has 0 atom stereocenters. The number of hydrogen-bond acceptors (Lipinski definition) is 3. The number of Topliss-reactive ketones (excluding diaryl/α,β-unsaturated/α-hetero) is 2. The van der Waals surface area contributed by atoms with Gasteiger partial charge in [-0.1, -0.05) is 6.07 Å². The summed E-state index contributed by atoms with van der Waals surface area (Å²) in [7, 11) is 1.53. The van der Waals surface area contributed by atoms with Gasteiger partial charge >= 0.3 is 0 Å². The number of rotatable bonds is 1. The van der Waals surface area contributed by atoms with E-state index in [1.165, 1.54) is 7.11 Å². The predicted octanol–water partition coefficient (Wildman–Crippen LogP) is 1.00. The first kappa shape index (κ1) is 7.98. The molecular formula is C10H8O3. The summed E-state index contributed by atoms with van der Waals surface area (Å²) in [5.74, 6) is -0.112. The van der Waals surface area contributed by atoms with Gasteiger partial charge in [-0.05, 0) is 17.7 Å². The van der Waals surface area contributed by atoms with Crippen molar-refractivity contribution < 1.29 is 14.3 Å². The lowest BCUT2D eigenvalue weighted by molar-refractivity contribution is -0.114. The van der Waals surface area contributed by atoms with Crippen molar-refractivity contribution in [2.45, 2.75) is 6.42 Å². The maximum atomic E-state index is 11.3. The molecule has 0 radical (unpaired) electrons. The summed E-state index contributed by atoms with van der Waals surface area (Å²) in [6, 6.07) is 5.13. The summed E-state index contributed by atoms with van der Waals surface area (Å²) in [5.41, 5.74) is 1.29. The molecule has 0 amide bonds. The number of ether oxygens (including phenoxy) is 1. The monoisotopic (exact) mass is 176 g/mol. The van der Waals surface area contributed by atoms with Crippen molar-refractivity contribution in [2.75, 3.05) is 7.11 Å². The Bertz CT molecular complexity index is 393. The van der Waals surface area contributed by atoms with Crippen LogP contribution >= 0.6 is 0 Å². The lowest BCUT2D eigenvalue weighted by atomic mass is 10.1. The van der Waals surface area contributed by atoms with E-state index in [1.807, 2.05) is 0 Å². The van der Waals surface area contributed by atoms with E-state index in [-0.39, 0.29) is 12.2 Å². The van der Waals surface area contributed by atoms with Gasteiger partial charge < -0.3 is 4.74 Å². The first-order valence-corrected chi connectivity index (χ1v) is 3.97. The van der Waals surface area contributed by atoms with Crippen molar-refractivity contribution in [2.24, 2.45) is 0 Å². The smallest absolute Gasteiger partial charge is 0.229 e. The van der Waals surface area contributed by atoms with Crippen LogP contribution in [-0.2, 0) is 11.2 Å². The van der Waals surface area contributed by atoms with Gasteiger partial charge in [-0.3, -0.25) is 9.59 Å². The van der Waals surface area contributed by atoms with Gasteiger partial charge in [-0.2, -0.15) is 0 Å². The van der Waals surface area contributed by atoms with Crippen LogP contribution in [-0.4, -0.2) is 18.7 Å². The Labute approximate surface area is 75.3 Å². The SMILES string of the molecule is COc1ccc2c(c1)C(=O)C(=O)C2. The van der Waals surface area contributed by atoms with Crippen molar-refractivity contribution in [3.63, 3.8) is 0 Å². The minimum absolute atomic E-state index is 0.234. The van der Waals surface area contributed by atoms with Gasteiger partial charge in [-0.25, -0.2) is 0 Å². The Morgan fingerprint density at radius 1 is 1.31 bits per heavy atom. The van der Waals surface area contributed by atoms with Gasteiger partial charge in [0.2, 0.25) is 11.6 Å². The quantitative estimate of drug-likeness (QED) is 0.599. The highest BCUT2D eigenvalue weighted by Crippen LogP contribution is 2.24. The topological polar surface area (TPSA) is 43.4 Å². The van der Waals surface area contributed by atoms with Crippen LogP contribution in [0.2, 0.25) is 0 Å². The molecule has 1 aliphatic carbocycles. The molecule has 1 aromatic rings. The van der Waals surface area contributed by atoms with E-state index < -0.39 is 5.78 Å². The van der Waals surface area contributed by atoms with Gasteiger partial charge in [0.1, 0.15) is 5.75 Å². The van der Waals surface area contributed by atoms with E-state index >= 15 is 0 Å². The second-order valence-corrected chi connectivity index (χ2v) is 2.95. The molecule has 0 unspecified atom stereocenters. The fourth-order valence-corrected chi connectivity index (χ4v) is 1.45. The van der Waals surface area contributed by atoms with E-state index in [1.54, 1.807) is 18.2 Å². The van der Waals surface area contributed by atoms with Gasteiger partial charge in [0.15, 0.2) is 0 Å². The first-order valence-electron chi connectivity index (χ1n) is 3.97. The summed E-state index contributed by atoms with van der Waals surface area (Å²) in [4.78, 5) is 22.3. The summed E-state index contributed by atoms with van der Waals surface area (Å²) >= 11 is 0. The largest absolute Gasteiger partial charge is 0.497 e. The molecule has 0 fully saturated rings. The van der Waals surface area contributed by atoms with Crippen molar-refractivity contribution in [1.29, 1.82) is 0 Å². The summed E-state index contributed by atoms with van der Waals surface area (Å²) in [6.45, 7) is 0. The molecule has 0 aromatic heterocycles. The van der Waals surface area contributed by atoms with Crippen molar-refractivity contribution >= 4 is 11.6 Å². The number of ketones is 2. The lowest BCUT2D eigenvalue weighted by Gasteiger charge is -2.00. The average molecular weight is 176 g/mol. The normalized spacial score (nSPS) is 14.5. The Morgan fingerprint density at radius 2 is 2.08 bits per heavy atom. The minimum atomic E-state index is -0.395. The van der Waals surface area contributed by atoms with Crippen molar-refractivity contribution in [1.82, 2.24) is 0 Å². The van der Waals surface area contributed by atoms with Crippen LogP contribution in [0.1, 0.15) is 15.9 Å². The zero-order chi connectivity index (χ0) is 9.42. The molecule has 3 heteroatoms. The van der Waals surface area contributed by atoms with Crippen LogP contribution in [0.25, 0.3) is 0 Å². The number of fused-ring (bicyclic) bond motifs is 1. The van der Waals surface area contributed by atoms with Gasteiger partial charge in [0, 0.05) is 12.0 Å². The molecule has 1 aliphatic rings. The molecule has 0 bridgehead atoms. The Hall–Kier alpha value is -1.64. The van der Waals surface area contributed by atoms with Crippen molar-refractivity contribution in [3.05, 3.63) is 29.3 Å². The highest BCUT2D eigenvalue weighted by Gasteiger charge is 2.28. The molecule has 0 heterocycles. The fourth-order valence-electron chi connectivity index (χ4n) is 1.45. The second-order valence-electron chi connectivity index (χ2n) is 2.95. The van der Waals surface area contributed by atoms with Crippen LogP contribution in [0.3, 0.4) is 0 Å². The second kappa shape index (κ2) is 2.69. The highest BCUT2D eigenvalue weighted by molar-refractivity contribution is 6.47. The van der Waals surface area contributed by atoms with E-state index in [2.05, 4.69) is 0 Å². The van der Waals surface area contributed by atoms with Crippen LogP contribution in [0.15, 0.2) is 18.2 Å². The number of benzene rings is 1. The zero-order valence-electron chi connectivity index (χ0n) is 7.16. The fraction of sp³-hybridized carbons (Fsp3) is 0.200. The van der Waals surface area contributed by atoms with Gasteiger partial charge in [-0.15, -0.1) is 0 Å². The third kappa shape index (κ3) is 1.13. The molecule has 1 aromatic carbocycles. The molecule has 0 N–H and O–H groups in total. The summed E-state index contributed by atoms with van der Waals surface area (Å²) in [6.07, 6.45) is 0.234. The molecule has 2 rings (SSSR count). The van der Waals surface area contributed by atoms with Crippen LogP contribution in [0, 0.1) is 0 Å². The van der Waals surface area contributed by atoms with Crippen LogP contribution in [0.4, 0.5) is 0 Å². The molecule has 3 nitrogen and oxygen atoms in total. The van der Waals surface area contributed by atoms with Crippen molar-refractivity contribution in [3.8, 4) is 5.75 Å². The molecule has 0 saturated carbocycles. The lowest BCUT2D eigenvalue weighted by Crippen LogP contribution is -2.05. The zero-order valence-corrected chi connectivity index (χ0v) is 7.16. The third-order valence-corrected chi connectivity index (χ3v) is 2.17. The number of carbonyl (C=O) groups excluding carboxylic acids is 2. The molecule has 0 aliphatic heterocycles. The molecule has 66 valence electrons. The predicted molar refractivity (Wildman–Crippen MR) is 46.0 cm³/mol. The van der Waals surface area contributed by atoms with E-state index in [4.69, 9.17) is 4.74 Å². The highest BCUT2D eigenvalue weighted by atomic mass is 16.5. The number of hydrogen-bond donors (Lipinski definition) is 0. The minimum Gasteiger partial charge on any atom is -0.497 e. The van der Waals surface area contributed by atoms with E-state index in [9.17, 15) is 9.59 Å². The molecule has 0 saturated heterocycles. The van der Waals surface area contributed by atoms with Gasteiger partial charge in [0.05, 0.1) is 7.11 Å². The third-order valence-electron chi connectivity index (χ3n) is 2.17. The molecule has 13 heavy (non-hydrogen) atoms. The van der Waals surface area contributed by atoms with E-state index in [0.29, 0.717) is 11.3 Å². The Morgan fingerprint density at radius 3 is 2.77 bits per heavy atom. The average Bonchev–Trinajstić information content (AvgIpc) is 2.43. The Balaban J connectivity index is 2.54. The number of carbonyl (C=O) groups is 2. The first-order chi connectivity index (χ1) is 6.22. The molecule has 0 spiro atoms.